The van der Waals surface area contributed by atoms with Crippen molar-refractivity contribution in [1.29, 1.82) is 0 Å². The van der Waals surface area contributed by atoms with Gasteiger partial charge in [0, 0.05) is 52.0 Å². The molecule has 1 aromatic rings. The quantitative estimate of drug-likeness (QED) is 0.457. The lowest BCUT2D eigenvalue weighted by atomic mass is 10.1. The topological polar surface area (TPSA) is 69.2 Å². The van der Waals surface area contributed by atoms with Gasteiger partial charge < -0.3 is 15.4 Å². The monoisotopic (exact) mass is 389 g/mol. The first-order valence-corrected chi connectivity index (χ1v) is 9.89. The highest BCUT2D eigenvalue weighted by Crippen LogP contribution is 2.17. The van der Waals surface area contributed by atoms with Crippen molar-refractivity contribution >= 4 is 17.6 Å². The molecular weight excluding hydrogens is 354 g/mol. The molecule has 0 bridgehead atoms. The van der Waals surface area contributed by atoms with Crippen LogP contribution in [0.2, 0.25) is 0 Å². The maximum absolute atomic E-state index is 12.1. The zero-order chi connectivity index (χ0) is 20.7. The van der Waals surface area contributed by atoms with E-state index in [1.54, 1.807) is 7.05 Å². The van der Waals surface area contributed by atoms with Crippen molar-refractivity contribution in [3.8, 4) is 0 Å². The summed E-state index contributed by atoms with van der Waals surface area (Å²) in [5.74, 6) is 0.589. The third-order valence-electron chi connectivity index (χ3n) is 4.66. The summed E-state index contributed by atoms with van der Waals surface area (Å²) in [5, 5.41) is 6.30. The zero-order valence-corrected chi connectivity index (χ0v) is 18.1. The van der Waals surface area contributed by atoms with E-state index in [0.717, 1.165) is 37.8 Å². The van der Waals surface area contributed by atoms with Gasteiger partial charge in [0.15, 0.2) is 5.96 Å². The van der Waals surface area contributed by atoms with Crippen molar-refractivity contribution < 1.29 is 9.53 Å². The summed E-state index contributed by atoms with van der Waals surface area (Å²) >= 11 is 0. The van der Waals surface area contributed by atoms with Crippen molar-refractivity contribution in [3.05, 3.63) is 29.8 Å². The molecule has 0 spiro atoms. The van der Waals surface area contributed by atoms with E-state index >= 15 is 0 Å². The predicted octanol–water partition coefficient (Wildman–Crippen LogP) is 2.15. The van der Waals surface area contributed by atoms with Gasteiger partial charge in [0.05, 0.1) is 6.54 Å². The van der Waals surface area contributed by atoms with Crippen LogP contribution in [0.25, 0.3) is 0 Å². The summed E-state index contributed by atoms with van der Waals surface area (Å²) in [7, 11) is 3.60. The standard InChI is InChI=1S/C21H35N5O2/c1-16-13-25(10-11-26(16)15-19(27)28-21(2,3)4)14-17-8-7-9-18(12-17)24-20(22-5)23-6/h7-9,12,16H,10-11,13-15H2,1-6H3,(H2,22,23,24). The summed E-state index contributed by atoms with van der Waals surface area (Å²) in [5.41, 5.74) is 1.84. The van der Waals surface area contributed by atoms with Gasteiger partial charge >= 0.3 is 5.97 Å². The lowest BCUT2D eigenvalue weighted by molar-refractivity contribution is -0.157. The second kappa shape index (κ2) is 9.89. The summed E-state index contributed by atoms with van der Waals surface area (Å²) in [4.78, 5) is 20.9. The van der Waals surface area contributed by atoms with Crippen molar-refractivity contribution in [3.63, 3.8) is 0 Å². The summed E-state index contributed by atoms with van der Waals surface area (Å²) in [6.45, 7) is 11.9. The van der Waals surface area contributed by atoms with Crippen LogP contribution in [0, 0.1) is 0 Å². The van der Waals surface area contributed by atoms with Gasteiger partial charge in [0.1, 0.15) is 5.60 Å². The number of nitrogens with zero attached hydrogens (tertiary/aromatic N) is 3. The molecule has 1 fully saturated rings. The molecule has 1 unspecified atom stereocenters. The normalized spacial score (nSPS) is 19.4. The number of nitrogens with one attached hydrogen (secondary N) is 2. The van der Waals surface area contributed by atoms with Crippen molar-refractivity contribution in [2.24, 2.45) is 4.99 Å². The fourth-order valence-electron chi connectivity index (χ4n) is 3.36. The van der Waals surface area contributed by atoms with Crippen LogP contribution in [0.15, 0.2) is 29.3 Å². The van der Waals surface area contributed by atoms with Crippen LogP contribution in [0.5, 0.6) is 0 Å². The molecule has 1 aliphatic rings. The number of hydrogen-bond acceptors (Lipinski definition) is 5. The van der Waals surface area contributed by atoms with Gasteiger partial charge in [-0.3, -0.25) is 19.6 Å². The van der Waals surface area contributed by atoms with Gasteiger partial charge in [-0.25, -0.2) is 0 Å². The number of guanidine groups is 1. The number of piperazine rings is 1. The maximum Gasteiger partial charge on any atom is 0.320 e. The first kappa shape index (κ1) is 22.2. The van der Waals surface area contributed by atoms with E-state index in [2.05, 4.69) is 50.5 Å². The highest BCUT2D eigenvalue weighted by atomic mass is 16.6. The highest BCUT2D eigenvalue weighted by Gasteiger charge is 2.27. The number of benzene rings is 1. The molecule has 0 aromatic heterocycles. The molecule has 28 heavy (non-hydrogen) atoms. The lowest BCUT2D eigenvalue weighted by Crippen LogP contribution is -2.53. The van der Waals surface area contributed by atoms with E-state index in [4.69, 9.17) is 4.74 Å². The summed E-state index contributed by atoms with van der Waals surface area (Å²) in [6, 6.07) is 8.70. The second-order valence-corrected chi connectivity index (χ2v) is 8.29. The Morgan fingerprint density at radius 3 is 2.68 bits per heavy atom. The van der Waals surface area contributed by atoms with Crippen LogP contribution >= 0.6 is 0 Å². The molecule has 0 aliphatic carbocycles. The largest absolute Gasteiger partial charge is 0.459 e. The van der Waals surface area contributed by atoms with Crippen LogP contribution < -0.4 is 10.6 Å². The smallest absolute Gasteiger partial charge is 0.320 e. The van der Waals surface area contributed by atoms with Crippen LogP contribution in [0.1, 0.15) is 33.3 Å². The molecule has 1 aliphatic heterocycles. The van der Waals surface area contributed by atoms with E-state index in [-0.39, 0.29) is 5.97 Å². The minimum Gasteiger partial charge on any atom is -0.459 e. The minimum absolute atomic E-state index is 0.149. The first-order valence-electron chi connectivity index (χ1n) is 9.89. The van der Waals surface area contributed by atoms with Crippen LogP contribution in [-0.4, -0.2) is 73.6 Å². The molecule has 0 saturated carbocycles. The van der Waals surface area contributed by atoms with E-state index in [1.807, 2.05) is 33.9 Å². The number of aliphatic imine (C=N–C) groups is 1. The van der Waals surface area contributed by atoms with Crippen LogP contribution in [0.3, 0.4) is 0 Å². The Bertz CT molecular complexity index is 684. The number of hydrogen-bond donors (Lipinski definition) is 2. The van der Waals surface area contributed by atoms with Crippen LogP contribution in [0.4, 0.5) is 5.69 Å². The molecule has 2 N–H and O–H groups in total. The third-order valence-corrected chi connectivity index (χ3v) is 4.66. The van der Waals surface area contributed by atoms with Gasteiger partial charge in [-0.15, -0.1) is 0 Å². The predicted molar refractivity (Wildman–Crippen MR) is 115 cm³/mol. The molecule has 1 aromatic carbocycles. The lowest BCUT2D eigenvalue weighted by Gasteiger charge is -2.39. The molecule has 0 radical (unpaired) electrons. The second-order valence-electron chi connectivity index (χ2n) is 8.29. The number of carbonyl (C=O) groups is 1. The van der Waals surface area contributed by atoms with Gasteiger partial charge in [-0.05, 0) is 45.4 Å². The van der Waals surface area contributed by atoms with E-state index in [1.165, 1.54) is 5.56 Å². The zero-order valence-electron chi connectivity index (χ0n) is 18.1. The van der Waals surface area contributed by atoms with Crippen molar-refractivity contribution in [2.45, 2.75) is 45.9 Å². The Morgan fingerprint density at radius 1 is 1.32 bits per heavy atom. The van der Waals surface area contributed by atoms with E-state index in [0.29, 0.717) is 12.6 Å². The first-order chi connectivity index (χ1) is 13.2. The Balaban J connectivity index is 1.88. The molecule has 1 heterocycles. The molecule has 1 saturated heterocycles. The molecule has 7 heteroatoms. The average molecular weight is 390 g/mol. The number of carbonyl (C=O) groups excluding carboxylic acids is 1. The van der Waals surface area contributed by atoms with Gasteiger partial charge in [0.2, 0.25) is 0 Å². The molecule has 2 rings (SSSR count). The van der Waals surface area contributed by atoms with Gasteiger partial charge in [-0.1, -0.05) is 12.1 Å². The number of rotatable bonds is 5. The SMILES string of the molecule is CN=C(NC)Nc1cccc(CN2CCN(CC(=O)OC(C)(C)C)C(C)C2)c1. The average Bonchev–Trinajstić information content (AvgIpc) is 2.61. The Kier molecular flexibility index (Phi) is 7.83. The Hall–Kier alpha value is -2.12. The van der Waals surface area contributed by atoms with E-state index in [9.17, 15) is 4.79 Å². The summed E-state index contributed by atoms with van der Waals surface area (Å²) < 4.78 is 5.46. The third kappa shape index (κ3) is 7.13. The molecule has 7 nitrogen and oxygen atoms in total. The van der Waals surface area contributed by atoms with Crippen LogP contribution in [-0.2, 0) is 16.1 Å². The molecular formula is C21H35N5O2. The van der Waals surface area contributed by atoms with Gasteiger partial charge in [0.25, 0.3) is 0 Å². The number of esters is 1. The number of anilines is 1. The van der Waals surface area contributed by atoms with Crippen molar-refractivity contribution in [2.75, 3.05) is 45.6 Å². The van der Waals surface area contributed by atoms with Crippen molar-refractivity contribution in [1.82, 2.24) is 15.1 Å². The molecule has 156 valence electrons. The Labute approximate surface area is 169 Å². The summed E-state index contributed by atoms with van der Waals surface area (Å²) in [6.07, 6.45) is 0. The highest BCUT2D eigenvalue weighted by molar-refractivity contribution is 5.93. The minimum atomic E-state index is -0.434. The fourth-order valence-corrected chi connectivity index (χ4v) is 3.36. The van der Waals surface area contributed by atoms with E-state index < -0.39 is 5.60 Å². The molecule has 0 amide bonds. The molecule has 1 atom stereocenters. The number of ether oxygens (including phenoxy) is 1. The maximum atomic E-state index is 12.1. The fraction of sp³-hybridized carbons (Fsp3) is 0.619. The Morgan fingerprint density at radius 2 is 2.07 bits per heavy atom. The van der Waals surface area contributed by atoms with Gasteiger partial charge in [-0.2, -0.15) is 0 Å².